The quantitative estimate of drug-likeness (QED) is 0.635. The minimum Gasteiger partial charge on any atom is -0.385 e. The van der Waals surface area contributed by atoms with E-state index in [2.05, 4.69) is 30.3 Å². The third kappa shape index (κ3) is 1.44. The van der Waals surface area contributed by atoms with Gasteiger partial charge in [0.15, 0.2) is 0 Å². The van der Waals surface area contributed by atoms with Crippen molar-refractivity contribution in [3.8, 4) is 0 Å². The molecule has 0 saturated carbocycles. The molecule has 0 radical (unpaired) electrons. The summed E-state index contributed by atoms with van der Waals surface area (Å²) in [5.74, 6) is 0. The summed E-state index contributed by atoms with van der Waals surface area (Å²) in [6, 6.07) is 8.54. The van der Waals surface area contributed by atoms with Gasteiger partial charge in [0.25, 0.3) is 0 Å². The molecule has 0 amide bonds. The number of rotatable bonds is 0. The number of allylic oxidation sites excluding steroid dienone is 2. The first-order chi connectivity index (χ1) is 7.34. The van der Waals surface area contributed by atoms with Crippen LogP contribution in [-0.4, -0.2) is 11.2 Å². The van der Waals surface area contributed by atoms with E-state index in [0.29, 0.717) is 0 Å². The molecule has 1 N–H and O–H groups in total. The summed E-state index contributed by atoms with van der Waals surface area (Å²) in [5, 5.41) is 9.89. The molecule has 1 nitrogen and oxygen atoms in total. The molecule has 1 aromatic rings. The maximum Gasteiger partial charge on any atom is 0.0938 e. The van der Waals surface area contributed by atoms with Crippen LogP contribution in [0.15, 0.2) is 47.6 Å². The van der Waals surface area contributed by atoms with Gasteiger partial charge in [0.2, 0.25) is 0 Å². The Bertz CT molecular complexity index is 454. The Labute approximate surface area is 89.8 Å². The molecule has 1 unspecified atom stereocenters. The van der Waals surface area contributed by atoms with Gasteiger partial charge in [-0.05, 0) is 36.0 Å². The van der Waals surface area contributed by atoms with Crippen LogP contribution >= 0.6 is 0 Å². The van der Waals surface area contributed by atoms with Crippen LogP contribution in [0.3, 0.4) is 0 Å². The number of hydrogen-bond acceptors (Lipinski definition) is 1. The van der Waals surface area contributed by atoms with Crippen LogP contribution in [0.5, 0.6) is 0 Å². The Balaban J connectivity index is 2.01. The first-order valence-corrected chi connectivity index (χ1v) is 5.47. The van der Waals surface area contributed by atoms with Crippen LogP contribution in [-0.2, 0) is 12.8 Å². The lowest BCUT2D eigenvalue weighted by atomic mass is 9.80. The monoisotopic (exact) mass is 198 g/mol. The first kappa shape index (κ1) is 8.93. The van der Waals surface area contributed by atoms with E-state index in [1.54, 1.807) is 0 Å². The van der Waals surface area contributed by atoms with Gasteiger partial charge in [-0.1, -0.05) is 42.0 Å². The molecule has 0 fully saturated rings. The van der Waals surface area contributed by atoms with Crippen molar-refractivity contribution in [1.82, 2.24) is 0 Å². The van der Waals surface area contributed by atoms with E-state index in [1.807, 2.05) is 6.08 Å². The molecule has 0 heterocycles. The number of aliphatic hydroxyl groups excluding tert-OH is 1. The van der Waals surface area contributed by atoms with Gasteiger partial charge in [0.1, 0.15) is 0 Å². The average molecular weight is 198 g/mol. The van der Waals surface area contributed by atoms with Gasteiger partial charge >= 0.3 is 0 Å². The van der Waals surface area contributed by atoms with Crippen molar-refractivity contribution in [2.24, 2.45) is 0 Å². The molecule has 1 heteroatoms. The smallest absolute Gasteiger partial charge is 0.0938 e. The highest BCUT2D eigenvalue weighted by Crippen LogP contribution is 2.32. The largest absolute Gasteiger partial charge is 0.385 e. The van der Waals surface area contributed by atoms with Gasteiger partial charge in [0.05, 0.1) is 6.10 Å². The Hall–Kier alpha value is -1.34. The number of fused-ring (bicyclic) bond motifs is 1. The van der Waals surface area contributed by atoms with Gasteiger partial charge in [-0.25, -0.2) is 0 Å². The molecule has 0 aliphatic heterocycles. The van der Waals surface area contributed by atoms with E-state index in [-0.39, 0.29) is 6.10 Å². The SMILES string of the molecule is OC1C=CCC2=C1Cc1ccccc1C2. The second-order valence-corrected chi connectivity index (χ2v) is 4.33. The predicted octanol–water partition coefficient (Wildman–Crippen LogP) is 2.40. The minimum absolute atomic E-state index is 0.345. The van der Waals surface area contributed by atoms with Crippen molar-refractivity contribution in [3.63, 3.8) is 0 Å². The van der Waals surface area contributed by atoms with Crippen LogP contribution in [0, 0.1) is 0 Å². The Morgan fingerprint density at radius 2 is 1.80 bits per heavy atom. The highest BCUT2D eigenvalue weighted by molar-refractivity contribution is 5.44. The van der Waals surface area contributed by atoms with Gasteiger partial charge in [-0.3, -0.25) is 0 Å². The molecule has 0 bridgehead atoms. The summed E-state index contributed by atoms with van der Waals surface area (Å²) in [6.07, 6.45) is 6.61. The van der Waals surface area contributed by atoms with E-state index in [4.69, 9.17) is 0 Å². The molecule has 1 atom stereocenters. The van der Waals surface area contributed by atoms with E-state index < -0.39 is 0 Å². The van der Waals surface area contributed by atoms with Crippen molar-refractivity contribution < 1.29 is 5.11 Å². The van der Waals surface area contributed by atoms with Crippen LogP contribution in [0.4, 0.5) is 0 Å². The molecule has 0 aromatic heterocycles. The van der Waals surface area contributed by atoms with E-state index >= 15 is 0 Å². The Morgan fingerprint density at radius 1 is 1.07 bits per heavy atom. The summed E-state index contributed by atoms with van der Waals surface area (Å²) in [6.45, 7) is 0. The van der Waals surface area contributed by atoms with Crippen molar-refractivity contribution in [1.29, 1.82) is 0 Å². The lowest BCUT2D eigenvalue weighted by Gasteiger charge is -2.27. The zero-order valence-electron chi connectivity index (χ0n) is 8.61. The van der Waals surface area contributed by atoms with E-state index in [0.717, 1.165) is 19.3 Å². The molecule has 1 aromatic carbocycles. The van der Waals surface area contributed by atoms with Gasteiger partial charge in [0, 0.05) is 0 Å². The molecule has 76 valence electrons. The second kappa shape index (κ2) is 3.35. The number of aliphatic hydroxyl groups is 1. The van der Waals surface area contributed by atoms with Crippen LogP contribution in [0.1, 0.15) is 17.5 Å². The zero-order chi connectivity index (χ0) is 10.3. The van der Waals surface area contributed by atoms with Crippen molar-refractivity contribution >= 4 is 0 Å². The summed E-state index contributed by atoms with van der Waals surface area (Å²) >= 11 is 0. The average Bonchev–Trinajstić information content (AvgIpc) is 2.27. The highest BCUT2D eigenvalue weighted by atomic mass is 16.3. The lowest BCUT2D eigenvalue weighted by Crippen LogP contribution is -2.20. The van der Waals surface area contributed by atoms with Gasteiger partial charge < -0.3 is 5.11 Å². The normalized spacial score (nSPS) is 23.7. The minimum atomic E-state index is -0.345. The summed E-state index contributed by atoms with van der Waals surface area (Å²) in [4.78, 5) is 0. The fourth-order valence-corrected chi connectivity index (χ4v) is 2.55. The van der Waals surface area contributed by atoms with Crippen LogP contribution in [0.25, 0.3) is 0 Å². The molecular weight excluding hydrogens is 184 g/mol. The maximum absolute atomic E-state index is 9.89. The fourth-order valence-electron chi connectivity index (χ4n) is 2.55. The summed E-state index contributed by atoms with van der Waals surface area (Å²) in [5.41, 5.74) is 5.46. The summed E-state index contributed by atoms with van der Waals surface area (Å²) in [7, 11) is 0. The molecule has 0 spiro atoms. The predicted molar refractivity (Wildman–Crippen MR) is 60.6 cm³/mol. The van der Waals surface area contributed by atoms with E-state index in [9.17, 15) is 5.11 Å². The van der Waals surface area contributed by atoms with Crippen LogP contribution in [0.2, 0.25) is 0 Å². The van der Waals surface area contributed by atoms with Crippen molar-refractivity contribution in [3.05, 3.63) is 58.7 Å². The molecular formula is C14H14O. The molecule has 0 saturated heterocycles. The van der Waals surface area contributed by atoms with Gasteiger partial charge in [-0.2, -0.15) is 0 Å². The summed E-state index contributed by atoms with van der Waals surface area (Å²) < 4.78 is 0. The molecule has 2 aliphatic rings. The first-order valence-electron chi connectivity index (χ1n) is 5.47. The third-order valence-electron chi connectivity index (χ3n) is 3.40. The lowest BCUT2D eigenvalue weighted by molar-refractivity contribution is 0.251. The van der Waals surface area contributed by atoms with Crippen LogP contribution < -0.4 is 0 Å². The maximum atomic E-state index is 9.89. The standard InChI is InChI=1S/C14H14O/c15-14-7-3-6-12-8-10-4-1-2-5-11(10)9-13(12)14/h1-5,7,14-15H,6,8-9H2. The Morgan fingerprint density at radius 3 is 2.60 bits per heavy atom. The molecule has 3 rings (SSSR count). The van der Waals surface area contributed by atoms with Crippen molar-refractivity contribution in [2.45, 2.75) is 25.4 Å². The highest BCUT2D eigenvalue weighted by Gasteiger charge is 2.22. The molecule has 2 aliphatic carbocycles. The zero-order valence-corrected chi connectivity index (χ0v) is 8.61. The topological polar surface area (TPSA) is 20.2 Å². The Kier molecular flexibility index (Phi) is 2.00. The number of hydrogen-bond donors (Lipinski definition) is 1. The second-order valence-electron chi connectivity index (χ2n) is 4.33. The fraction of sp³-hybridized carbons (Fsp3) is 0.286. The van der Waals surface area contributed by atoms with E-state index in [1.165, 1.54) is 22.3 Å². The molecule has 15 heavy (non-hydrogen) atoms. The third-order valence-corrected chi connectivity index (χ3v) is 3.40. The van der Waals surface area contributed by atoms with Crippen molar-refractivity contribution in [2.75, 3.05) is 0 Å². The number of benzene rings is 1. The van der Waals surface area contributed by atoms with Gasteiger partial charge in [-0.15, -0.1) is 0 Å².